The van der Waals surface area contributed by atoms with Crippen molar-refractivity contribution in [2.75, 3.05) is 23.4 Å². The summed E-state index contributed by atoms with van der Waals surface area (Å²) < 4.78 is 6.06. The van der Waals surface area contributed by atoms with Gasteiger partial charge in [-0.05, 0) is 50.2 Å². The van der Waals surface area contributed by atoms with E-state index in [0.717, 1.165) is 20.9 Å². The highest BCUT2D eigenvalue weighted by molar-refractivity contribution is 7.18. The maximum Gasteiger partial charge on any atom is 0.338 e. The van der Waals surface area contributed by atoms with Gasteiger partial charge in [-0.25, -0.2) is 9.78 Å². The van der Waals surface area contributed by atoms with Crippen molar-refractivity contribution >= 4 is 50.7 Å². The fourth-order valence-corrected chi connectivity index (χ4v) is 4.32. The number of ether oxygens (including phenoxy) is 1. The molecule has 2 heterocycles. The second kappa shape index (κ2) is 8.23. The summed E-state index contributed by atoms with van der Waals surface area (Å²) in [6.45, 7) is 4.26. The third kappa shape index (κ3) is 4.04. The van der Waals surface area contributed by atoms with Gasteiger partial charge in [0.2, 0.25) is 11.8 Å². The van der Waals surface area contributed by atoms with Gasteiger partial charge in [0, 0.05) is 24.3 Å². The van der Waals surface area contributed by atoms with Gasteiger partial charge in [0.1, 0.15) is 0 Å². The SMILES string of the molecule is CCOC(=O)c1cccc(NC(=O)C2CC(=O)N(c3ccc4sc(C)nc4c3)C2)c1. The van der Waals surface area contributed by atoms with Crippen LogP contribution in [0.25, 0.3) is 10.2 Å². The molecule has 4 rings (SSSR count). The zero-order chi connectivity index (χ0) is 21.3. The third-order valence-corrected chi connectivity index (χ3v) is 5.88. The summed E-state index contributed by atoms with van der Waals surface area (Å²) in [5, 5.41) is 3.78. The van der Waals surface area contributed by atoms with Gasteiger partial charge in [0.15, 0.2) is 0 Å². The molecule has 1 N–H and O–H groups in total. The molecule has 0 radical (unpaired) electrons. The Morgan fingerprint density at radius 2 is 2.10 bits per heavy atom. The number of hydrogen-bond acceptors (Lipinski definition) is 6. The van der Waals surface area contributed by atoms with Crippen molar-refractivity contribution in [3.63, 3.8) is 0 Å². The highest BCUT2D eigenvalue weighted by Gasteiger charge is 2.35. The molecule has 154 valence electrons. The molecule has 1 aliphatic heterocycles. The van der Waals surface area contributed by atoms with Gasteiger partial charge in [-0.3, -0.25) is 9.59 Å². The smallest absolute Gasteiger partial charge is 0.338 e. The van der Waals surface area contributed by atoms with Crippen molar-refractivity contribution in [1.82, 2.24) is 4.98 Å². The van der Waals surface area contributed by atoms with E-state index in [0.29, 0.717) is 17.8 Å². The highest BCUT2D eigenvalue weighted by Crippen LogP contribution is 2.30. The Hall–Kier alpha value is -3.26. The number of hydrogen-bond donors (Lipinski definition) is 1. The van der Waals surface area contributed by atoms with E-state index >= 15 is 0 Å². The van der Waals surface area contributed by atoms with Gasteiger partial charge in [0.05, 0.1) is 33.3 Å². The van der Waals surface area contributed by atoms with E-state index in [4.69, 9.17) is 4.74 Å². The molecule has 0 aliphatic carbocycles. The lowest BCUT2D eigenvalue weighted by Gasteiger charge is -2.17. The Kier molecular flexibility index (Phi) is 5.50. The Morgan fingerprint density at radius 1 is 1.27 bits per heavy atom. The average Bonchev–Trinajstić information content (AvgIpc) is 3.29. The Bertz CT molecular complexity index is 1140. The molecule has 0 bridgehead atoms. The maximum atomic E-state index is 12.7. The number of amides is 2. The normalized spacial score (nSPS) is 16.1. The molecule has 1 aliphatic rings. The molecule has 3 aromatic rings. The van der Waals surface area contributed by atoms with E-state index in [1.165, 1.54) is 0 Å². The summed E-state index contributed by atoms with van der Waals surface area (Å²) in [6, 6.07) is 12.3. The summed E-state index contributed by atoms with van der Waals surface area (Å²) in [4.78, 5) is 43.3. The topological polar surface area (TPSA) is 88.6 Å². The van der Waals surface area contributed by atoms with Gasteiger partial charge < -0.3 is 15.0 Å². The van der Waals surface area contributed by atoms with Crippen molar-refractivity contribution < 1.29 is 19.1 Å². The van der Waals surface area contributed by atoms with Gasteiger partial charge in [-0.2, -0.15) is 0 Å². The summed E-state index contributed by atoms with van der Waals surface area (Å²) in [6.07, 6.45) is 0.136. The minimum absolute atomic E-state index is 0.0956. The lowest BCUT2D eigenvalue weighted by Crippen LogP contribution is -2.28. The number of nitrogens with one attached hydrogen (secondary N) is 1. The molecule has 0 spiro atoms. The standard InChI is InChI=1S/C22H21N3O4S/c1-3-29-22(28)14-5-4-6-16(9-14)24-21(27)15-10-20(26)25(12-15)17-7-8-19-18(11-17)23-13(2)30-19/h4-9,11,15H,3,10,12H2,1-2H3,(H,24,27). The monoisotopic (exact) mass is 423 g/mol. The number of aromatic nitrogens is 1. The van der Waals surface area contributed by atoms with Gasteiger partial charge >= 0.3 is 5.97 Å². The largest absolute Gasteiger partial charge is 0.462 e. The quantitative estimate of drug-likeness (QED) is 0.631. The van der Waals surface area contributed by atoms with E-state index in [2.05, 4.69) is 10.3 Å². The average molecular weight is 423 g/mol. The number of rotatable bonds is 5. The molecule has 2 amide bonds. The van der Waals surface area contributed by atoms with Crippen LogP contribution in [0.2, 0.25) is 0 Å². The van der Waals surface area contributed by atoms with E-state index in [1.807, 2.05) is 25.1 Å². The second-order valence-electron chi connectivity index (χ2n) is 7.08. The van der Waals surface area contributed by atoms with E-state index in [9.17, 15) is 14.4 Å². The summed E-state index contributed by atoms with van der Waals surface area (Å²) >= 11 is 1.61. The summed E-state index contributed by atoms with van der Waals surface area (Å²) in [5.74, 6) is -1.26. The fourth-order valence-electron chi connectivity index (χ4n) is 3.51. The van der Waals surface area contributed by atoms with Crippen molar-refractivity contribution in [3.05, 3.63) is 53.0 Å². The Balaban J connectivity index is 1.46. The van der Waals surface area contributed by atoms with Crippen molar-refractivity contribution in [2.45, 2.75) is 20.3 Å². The van der Waals surface area contributed by atoms with E-state index < -0.39 is 11.9 Å². The molecule has 1 saturated heterocycles. The number of esters is 1. The Labute approximate surface area is 177 Å². The van der Waals surface area contributed by atoms with E-state index in [1.54, 1.807) is 47.4 Å². The number of nitrogens with zero attached hydrogens (tertiary/aromatic N) is 2. The number of benzene rings is 2. The van der Waals surface area contributed by atoms with Crippen LogP contribution in [-0.2, 0) is 14.3 Å². The zero-order valence-corrected chi connectivity index (χ0v) is 17.5. The lowest BCUT2D eigenvalue weighted by atomic mass is 10.1. The molecule has 7 nitrogen and oxygen atoms in total. The summed E-state index contributed by atoms with van der Waals surface area (Å²) in [5.41, 5.74) is 2.46. The van der Waals surface area contributed by atoms with Crippen LogP contribution in [0, 0.1) is 12.8 Å². The minimum Gasteiger partial charge on any atom is -0.462 e. The van der Waals surface area contributed by atoms with Crippen molar-refractivity contribution in [2.24, 2.45) is 5.92 Å². The number of thiazole rings is 1. The fraction of sp³-hybridized carbons (Fsp3) is 0.273. The van der Waals surface area contributed by atoms with Crippen LogP contribution >= 0.6 is 11.3 Å². The molecule has 1 unspecified atom stereocenters. The maximum absolute atomic E-state index is 12.7. The van der Waals surface area contributed by atoms with Crippen LogP contribution in [0.5, 0.6) is 0 Å². The minimum atomic E-state index is -0.475. The highest BCUT2D eigenvalue weighted by atomic mass is 32.1. The van der Waals surface area contributed by atoms with Gasteiger partial charge in [0.25, 0.3) is 0 Å². The first-order chi connectivity index (χ1) is 14.4. The number of anilines is 2. The number of aryl methyl sites for hydroxylation is 1. The van der Waals surface area contributed by atoms with Crippen molar-refractivity contribution in [3.8, 4) is 0 Å². The first kappa shape index (κ1) is 20.0. The summed E-state index contributed by atoms with van der Waals surface area (Å²) in [7, 11) is 0. The number of carbonyl (C=O) groups excluding carboxylic acids is 3. The van der Waals surface area contributed by atoms with Crippen LogP contribution in [0.3, 0.4) is 0 Å². The molecule has 0 saturated carbocycles. The van der Waals surface area contributed by atoms with Crippen LogP contribution in [-0.4, -0.2) is 35.9 Å². The van der Waals surface area contributed by atoms with Crippen LogP contribution in [0.4, 0.5) is 11.4 Å². The number of fused-ring (bicyclic) bond motifs is 1. The predicted molar refractivity (Wildman–Crippen MR) is 116 cm³/mol. The van der Waals surface area contributed by atoms with Crippen molar-refractivity contribution in [1.29, 1.82) is 0 Å². The molecule has 1 fully saturated rings. The third-order valence-electron chi connectivity index (χ3n) is 4.93. The Morgan fingerprint density at radius 3 is 2.90 bits per heavy atom. The molecule has 30 heavy (non-hydrogen) atoms. The molecular weight excluding hydrogens is 402 g/mol. The van der Waals surface area contributed by atoms with Gasteiger partial charge in [-0.15, -0.1) is 11.3 Å². The lowest BCUT2D eigenvalue weighted by molar-refractivity contribution is -0.122. The van der Waals surface area contributed by atoms with Crippen LogP contribution in [0.1, 0.15) is 28.7 Å². The first-order valence-electron chi connectivity index (χ1n) is 9.70. The molecule has 1 aromatic heterocycles. The first-order valence-corrected chi connectivity index (χ1v) is 10.5. The molecule has 8 heteroatoms. The molecule has 2 aromatic carbocycles. The molecular formula is C22H21N3O4S. The van der Waals surface area contributed by atoms with E-state index in [-0.39, 0.29) is 24.8 Å². The second-order valence-corrected chi connectivity index (χ2v) is 8.32. The van der Waals surface area contributed by atoms with Gasteiger partial charge in [-0.1, -0.05) is 6.07 Å². The van der Waals surface area contributed by atoms with Crippen LogP contribution < -0.4 is 10.2 Å². The predicted octanol–water partition coefficient (Wildman–Crippen LogP) is 3.77. The molecule has 1 atom stereocenters. The van der Waals surface area contributed by atoms with Crippen LogP contribution in [0.15, 0.2) is 42.5 Å². The zero-order valence-electron chi connectivity index (χ0n) is 16.7. The number of carbonyl (C=O) groups is 3.